The van der Waals surface area contributed by atoms with Gasteiger partial charge in [0.25, 0.3) is 0 Å². The van der Waals surface area contributed by atoms with Crippen LogP contribution in [0.5, 0.6) is 0 Å². The fourth-order valence-corrected chi connectivity index (χ4v) is 3.51. The fraction of sp³-hybridized carbons (Fsp3) is 0.474. The predicted molar refractivity (Wildman–Crippen MR) is 95.7 cm³/mol. The lowest BCUT2D eigenvalue weighted by molar-refractivity contribution is -0.132. The molecule has 0 aliphatic carbocycles. The lowest BCUT2D eigenvalue weighted by Crippen LogP contribution is -2.51. The molecule has 0 spiro atoms. The third-order valence-electron chi connectivity index (χ3n) is 4.65. The lowest BCUT2D eigenvalue weighted by Gasteiger charge is -2.35. The molecule has 24 heavy (non-hydrogen) atoms. The van der Waals surface area contributed by atoms with Crippen molar-refractivity contribution >= 4 is 23.6 Å². The Balaban J connectivity index is 1.65. The molecule has 5 nitrogen and oxygen atoms in total. The normalized spacial score (nSPS) is 20.3. The van der Waals surface area contributed by atoms with Crippen molar-refractivity contribution in [3.63, 3.8) is 0 Å². The Kier molecular flexibility index (Phi) is 5.18. The van der Waals surface area contributed by atoms with Crippen LogP contribution in [-0.2, 0) is 9.59 Å². The summed E-state index contributed by atoms with van der Waals surface area (Å²) in [5.74, 6) is 0.114. The molecule has 3 rings (SSSR count). The molecule has 1 aromatic carbocycles. The van der Waals surface area contributed by atoms with Gasteiger partial charge >= 0.3 is 0 Å². The summed E-state index contributed by atoms with van der Waals surface area (Å²) >= 11 is 0. The first-order valence-corrected chi connectivity index (χ1v) is 8.69. The molecule has 1 atom stereocenters. The number of nitrogens with one attached hydrogen (secondary N) is 1. The number of carbonyl (C=O) groups is 2. The summed E-state index contributed by atoms with van der Waals surface area (Å²) in [5, 5.41) is 2.94. The van der Waals surface area contributed by atoms with Crippen molar-refractivity contribution in [1.29, 1.82) is 0 Å². The summed E-state index contributed by atoms with van der Waals surface area (Å²) in [7, 11) is 0. The summed E-state index contributed by atoms with van der Waals surface area (Å²) in [6.07, 6.45) is 7.12. The number of fused-ring (bicyclic) bond motifs is 1. The van der Waals surface area contributed by atoms with E-state index in [1.54, 1.807) is 0 Å². The minimum Gasteiger partial charge on any atom is -0.361 e. The highest BCUT2D eigenvalue weighted by atomic mass is 16.2. The largest absolute Gasteiger partial charge is 0.361 e. The average Bonchev–Trinajstić information content (AvgIpc) is 2.77. The van der Waals surface area contributed by atoms with E-state index in [1.807, 2.05) is 17.0 Å². The number of amides is 2. The minimum atomic E-state index is -0.0261. The third-order valence-corrected chi connectivity index (χ3v) is 4.65. The van der Waals surface area contributed by atoms with Crippen LogP contribution in [0, 0.1) is 0 Å². The number of hydrogen-bond donors (Lipinski definition) is 1. The molecule has 0 aromatic heterocycles. The van der Waals surface area contributed by atoms with Gasteiger partial charge in [-0.3, -0.25) is 9.59 Å². The second-order valence-corrected chi connectivity index (χ2v) is 6.55. The van der Waals surface area contributed by atoms with Gasteiger partial charge in [-0.1, -0.05) is 30.4 Å². The number of benzene rings is 1. The van der Waals surface area contributed by atoms with Gasteiger partial charge in [-0.05, 0) is 30.9 Å². The molecule has 5 heteroatoms. The average molecular weight is 327 g/mol. The quantitative estimate of drug-likeness (QED) is 0.924. The first kappa shape index (κ1) is 16.6. The number of rotatable bonds is 3. The maximum Gasteiger partial charge on any atom is 0.242 e. The summed E-state index contributed by atoms with van der Waals surface area (Å²) in [5.41, 5.74) is 2.28. The van der Waals surface area contributed by atoms with E-state index in [-0.39, 0.29) is 17.9 Å². The van der Waals surface area contributed by atoms with Gasteiger partial charge in [0.2, 0.25) is 11.8 Å². The van der Waals surface area contributed by atoms with Gasteiger partial charge in [0.05, 0.1) is 6.54 Å². The molecule has 0 bridgehead atoms. The van der Waals surface area contributed by atoms with Crippen LogP contribution in [-0.4, -0.2) is 48.9 Å². The van der Waals surface area contributed by atoms with Crippen molar-refractivity contribution in [2.24, 2.45) is 0 Å². The molecule has 128 valence electrons. The zero-order valence-corrected chi connectivity index (χ0v) is 14.2. The van der Waals surface area contributed by atoms with E-state index >= 15 is 0 Å². The van der Waals surface area contributed by atoms with Crippen LogP contribution in [0.15, 0.2) is 30.3 Å². The summed E-state index contributed by atoms with van der Waals surface area (Å²) in [6, 6.07) is 8.29. The van der Waals surface area contributed by atoms with E-state index in [2.05, 4.69) is 34.5 Å². The van der Waals surface area contributed by atoms with Crippen molar-refractivity contribution in [2.45, 2.75) is 32.2 Å². The molecule has 1 N–H and O–H groups in total. The van der Waals surface area contributed by atoms with E-state index in [9.17, 15) is 9.59 Å². The number of piperidine rings is 1. The SMILES string of the molecule is CC(=O)NC1CCCN(C(=O)CN2CCC=Cc3ccccc32)C1. The summed E-state index contributed by atoms with van der Waals surface area (Å²) in [6.45, 7) is 4.17. The highest BCUT2D eigenvalue weighted by Crippen LogP contribution is 2.25. The topological polar surface area (TPSA) is 52.7 Å². The number of hydrogen-bond acceptors (Lipinski definition) is 3. The Labute approximate surface area is 143 Å². The van der Waals surface area contributed by atoms with Crippen LogP contribution in [0.2, 0.25) is 0 Å². The molecule has 1 aromatic rings. The molecule has 2 aliphatic rings. The molecular weight excluding hydrogens is 302 g/mol. The maximum atomic E-state index is 12.8. The molecule has 0 radical (unpaired) electrons. The minimum absolute atomic E-state index is 0.0261. The van der Waals surface area contributed by atoms with Gasteiger partial charge in [0, 0.05) is 38.3 Å². The zero-order chi connectivity index (χ0) is 16.9. The Hall–Kier alpha value is -2.30. The zero-order valence-electron chi connectivity index (χ0n) is 14.2. The Morgan fingerprint density at radius 1 is 1.25 bits per heavy atom. The number of likely N-dealkylation sites (tertiary alicyclic amines) is 1. The summed E-state index contributed by atoms with van der Waals surface area (Å²) in [4.78, 5) is 28.1. The molecule has 1 fully saturated rings. The third kappa shape index (κ3) is 3.96. The number of carbonyl (C=O) groups excluding carboxylic acids is 2. The van der Waals surface area contributed by atoms with E-state index in [0.29, 0.717) is 13.1 Å². The molecule has 0 saturated carbocycles. The van der Waals surface area contributed by atoms with Crippen molar-refractivity contribution in [2.75, 3.05) is 31.1 Å². The second kappa shape index (κ2) is 7.51. The van der Waals surface area contributed by atoms with Gasteiger partial charge in [-0.2, -0.15) is 0 Å². The highest BCUT2D eigenvalue weighted by Gasteiger charge is 2.25. The fourth-order valence-electron chi connectivity index (χ4n) is 3.51. The molecule has 1 unspecified atom stereocenters. The van der Waals surface area contributed by atoms with Crippen LogP contribution >= 0.6 is 0 Å². The van der Waals surface area contributed by atoms with Crippen molar-refractivity contribution in [3.8, 4) is 0 Å². The Morgan fingerprint density at radius 2 is 2.08 bits per heavy atom. The molecule has 1 saturated heterocycles. The van der Waals surface area contributed by atoms with Crippen molar-refractivity contribution in [3.05, 3.63) is 35.9 Å². The van der Waals surface area contributed by atoms with Crippen LogP contribution in [0.3, 0.4) is 0 Å². The van der Waals surface area contributed by atoms with E-state index in [1.165, 1.54) is 6.92 Å². The van der Waals surface area contributed by atoms with Gasteiger partial charge < -0.3 is 15.1 Å². The van der Waals surface area contributed by atoms with Gasteiger partial charge in [-0.15, -0.1) is 0 Å². The molecule has 2 amide bonds. The van der Waals surface area contributed by atoms with Crippen molar-refractivity contribution in [1.82, 2.24) is 10.2 Å². The van der Waals surface area contributed by atoms with E-state index in [4.69, 9.17) is 0 Å². The molecule has 2 aliphatic heterocycles. The maximum absolute atomic E-state index is 12.8. The Bertz CT molecular complexity index is 641. The van der Waals surface area contributed by atoms with Gasteiger partial charge in [-0.25, -0.2) is 0 Å². The highest BCUT2D eigenvalue weighted by molar-refractivity contribution is 5.83. The molecular formula is C19H25N3O2. The smallest absolute Gasteiger partial charge is 0.242 e. The van der Waals surface area contributed by atoms with Crippen molar-refractivity contribution < 1.29 is 9.59 Å². The van der Waals surface area contributed by atoms with E-state index in [0.717, 1.165) is 43.6 Å². The lowest BCUT2D eigenvalue weighted by atomic mass is 10.1. The first-order valence-electron chi connectivity index (χ1n) is 8.69. The second-order valence-electron chi connectivity index (χ2n) is 6.55. The van der Waals surface area contributed by atoms with Gasteiger partial charge in [0.15, 0.2) is 0 Å². The molecule has 2 heterocycles. The van der Waals surface area contributed by atoms with Crippen LogP contribution < -0.4 is 10.2 Å². The van der Waals surface area contributed by atoms with Crippen LogP contribution in [0.25, 0.3) is 6.08 Å². The van der Waals surface area contributed by atoms with Crippen LogP contribution in [0.1, 0.15) is 31.7 Å². The first-order chi connectivity index (χ1) is 11.6. The monoisotopic (exact) mass is 327 g/mol. The predicted octanol–water partition coefficient (Wildman–Crippen LogP) is 2.04. The standard InChI is InChI=1S/C19H25N3O2/c1-15(23)20-17-9-6-12-22(13-17)19(24)14-21-11-5-4-8-16-7-2-3-10-18(16)21/h2-4,7-8,10,17H,5-6,9,11-14H2,1H3,(H,20,23). The van der Waals surface area contributed by atoms with Gasteiger partial charge in [0.1, 0.15) is 0 Å². The van der Waals surface area contributed by atoms with E-state index < -0.39 is 0 Å². The number of nitrogens with zero attached hydrogens (tertiary/aromatic N) is 2. The van der Waals surface area contributed by atoms with Crippen LogP contribution in [0.4, 0.5) is 5.69 Å². The number of anilines is 1. The summed E-state index contributed by atoms with van der Waals surface area (Å²) < 4.78 is 0. The number of para-hydroxylation sites is 1. The Morgan fingerprint density at radius 3 is 2.92 bits per heavy atom.